The lowest BCUT2D eigenvalue weighted by Crippen LogP contribution is -2.58. The number of H-pyrrole nitrogens is 1. The SMILES string of the molecule is C[C@H](CCC(=O)N=Nc1c(O)[nH]c2c(Br)cc(Cl)cc12)[C@@H]1CC[C@@H]2[C@H]3[C@H](O)C[C@@H]4C[C@H](O)CC[C@@]4(C)[C@H]3CC[C@@]21C. The maximum atomic E-state index is 12.8. The highest BCUT2D eigenvalue weighted by atomic mass is 79.9. The minimum atomic E-state index is -0.295. The first-order chi connectivity index (χ1) is 19.4. The van der Waals surface area contributed by atoms with E-state index in [1.165, 1.54) is 6.42 Å². The molecule has 4 aliphatic carbocycles. The summed E-state index contributed by atoms with van der Waals surface area (Å²) in [4.78, 5) is 15.6. The van der Waals surface area contributed by atoms with Crippen LogP contribution in [0.4, 0.5) is 5.69 Å². The van der Waals surface area contributed by atoms with Crippen molar-refractivity contribution in [3.63, 3.8) is 0 Å². The van der Waals surface area contributed by atoms with E-state index in [4.69, 9.17) is 11.6 Å². The van der Waals surface area contributed by atoms with Gasteiger partial charge in [-0.1, -0.05) is 32.4 Å². The van der Waals surface area contributed by atoms with E-state index >= 15 is 0 Å². The second-order valence-electron chi connectivity index (χ2n) is 14.2. The van der Waals surface area contributed by atoms with Crippen molar-refractivity contribution in [2.45, 2.75) is 97.2 Å². The van der Waals surface area contributed by atoms with Crippen LogP contribution in [0.2, 0.25) is 5.02 Å². The molecule has 224 valence electrons. The number of azo groups is 1. The highest BCUT2D eigenvalue weighted by Gasteiger charge is 2.62. The summed E-state index contributed by atoms with van der Waals surface area (Å²) in [6.45, 7) is 7.18. The molecule has 10 atom stereocenters. The minimum Gasteiger partial charge on any atom is -0.493 e. The van der Waals surface area contributed by atoms with Crippen molar-refractivity contribution in [1.29, 1.82) is 0 Å². The van der Waals surface area contributed by atoms with Gasteiger partial charge in [-0.15, -0.1) is 10.2 Å². The van der Waals surface area contributed by atoms with Crippen molar-refractivity contribution in [1.82, 2.24) is 4.98 Å². The number of aliphatic hydroxyl groups excluding tert-OH is 2. The van der Waals surface area contributed by atoms with Crippen LogP contribution in [0.1, 0.15) is 85.0 Å². The molecule has 1 heterocycles. The predicted octanol–water partition coefficient (Wildman–Crippen LogP) is 8.31. The first-order valence-corrected chi connectivity index (χ1v) is 16.6. The Morgan fingerprint density at radius 1 is 1.12 bits per heavy atom. The number of aliphatic hydroxyl groups is 2. The van der Waals surface area contributed by atoms with Crippen molar-refractivity contribution in [3.05, 3.63) is 21.6 Å². The van der Waals surface area contributed by atoms with Gasteiger partial charge in [-0.3, -0.25) is 4.79 Å². The van der Waals surface area contributed by atoms with Crippen molar-refractivity contribution in [2.24, 2.45) is 56.6 Å². The number of fused-ring (bicyclic) bond motifs is 6. The zero-order valence-corrected chi connectivity index (χ0v) is 26.6. The molecule has 7 nitrogen and oxygen atoms in total. The molecule has 1 amide bonds. The molecule has 41 heavy (non-hydrogen) atoms. The normalized spacial score (nSPS) is 39.4. The molecular formula is C32H43BrClN3O4. The zero-order chi connectivity index (χ0) is 29.3. The van der Waals surface area contributed by atoms with Gasteiger partial charge < -0.3 is 20.3 Å². The number of rotatable bonds is 5. The minimum absolute atomic E-state index is 0.150. The van der Waals surface area contributed by atoms with E-state index in [0.29, 0.717) is 62.3 Å². The number of nitrogens with zero attached hydrogens (tertiary/aromatic N) is 2. The lowest BCUT2D eigenvalue weighted by Gasteiger charge is -2.62. The molecule has 4 N–H and O–H groups in total. The predicted molar refractivity (Wildman–Crippen MR) is 163 cm³/mol. The van der Waals surface area contributed by atoms with E-state index < -0.39 is 0 Å². The number of aromatic hydroxyl groups is 1. The topological polar surface area (TPSA) is 118 Å². The number of carbonyl (C=O) groups excluding carboxylic acids is 1. The molecular weight excluding hydrogens is 606 g/mol. The molecule has 4 fully saturated rings. The third-order valence-corrected chi connectivity index (χ3v) is 13.1. The monoisotopic (exact) mass is 647 g/mol. The van der Waals surface area contributed by atoms with Gasteiger partial charge in [-0.05, 0) is 132 Å². The highest BCUT2D eigenvalue weighted by Crippen LogP contribution is 2.68. The van der Waals surface area contributed by atoms with Crippen LogP contribution in [0.25, 0.3) is 10.9 Å². The number of hydrogen-bond acceptors (Lipinski definition) is 5. The third-order valence-electron chi connectivity index (χ3n) is 12.3. The summed E-state index contributed by atoms with van der Waals surface area (Å²) < 4.78 is 0.696. The lowest BCUT2D eigenvalue weighted by atomic mass is 9.43. The Bertz CT molecular complexity index is 1360. The van der Waals surface area contributed by atoms with E-state index in [0.717, 1.165) is 51.4 Å². The fourth-order valence-electron chi connectivity index (χ4n) is 10.2. The molecule has 0 spiro atoms. The molecule has 0 unspecified atom stereocenters. The van der Waals surface area contributed by atoms with Gasteiger partial charge in [0.25, 0.3) is 5.91 Å². The van der Waals surface area contributed by atoms with E-state index in [1.54, 1.807) is 12.1 Å². The van der Waals surface area contributed by atoms with Crippen molar-refractivity contribution >= 4 is 50.0 Å². The number of benzene rings is 1. The van der Waals surface area contributed by atoms with Gasteiger partial charge in [-0.25, -0.2) is 0 Å². The standard InChI is InChI=1S/C32H43BrClN3O4/c1-16(4-7-26(40)36-37-29-20-14-18(34)15-24(33)28(20)35-30(29)41)21-5-6-22-27-23(9-11-32(21,22)3)31(2)10-8-19(38)12-17(31)13-25(27)39/h14-17,19,21-23,25,27,35,38-39,41H,4-13H2,1-3H3/t16-,17+,19-,21+,22-,23+,25-,27-,31-,32-/m1/s1. The summed E-state index contributed by atoms with van der Waals surface area (Å²) in [5.74, 6) is 2.25. The maximum absolute atomic E-state index is 12.8. The van der Waals surface area contributed by atoms with Crippen LogP contribution in [0.15, 0.2) is 26.8 Å². The molecule has 4 aliphatic rings. The number of hydrogen-bond donors (Lipinski definition) is 4. The first-order valence-electron chi connectivity index (χ1n) is 15.4. The van der Waals surface area contributed by atoms with Gasteiger partial charge in [0.1, 0.15) is 0 Å². The molecule has 0 radical (unpaired) electrons. The number of amides is 1. The fourth-order valence-corrected chi connectivity index (χ4v) is 11.1. The Morgan fingerprint density at radius 2 is 1.85 bits per heavy atom. The number of nitrogens with one attached hydrogen (secondary N) is 1. The van der Waals surface area contributed by atoms with Gasteiger partial charge in [0.15, 0.2) is 5.69 Å². The molecule has 1 aromatic carbocycles. The van der Waals surface area contributed by atoms with E-state index in [1.807, 2.05) is 0 Å². The summed E-state index contributed by atoms with van der Waals surface area (Å²) >= 11 is 9.60. The van der Waals surface area contributed by atoms with Crippen molar-refractivity contribution in [2.75, 3.05) is 0 Å². The summed E-state index contributed by atoms with van der Waals surface area (Å²) in [5.41, 5.74) is 1.26. The number of aromatic amines is 1. The molecule has 0 bridgehead atoms. The van der Waals surface area contributed by atoms with Crippen LogP contribution < -0.4 is 0 Å². The quantitative estimate of drug-likeness (QED) is 0.244. The molecule has 4 saturated carbocycles. The Hall–Kier alpha value is -1.48. The lowest BCUT2D eigenvalue weighted by molar-refractivity contribution is -0.174. The molecule has 0 saturated heterocycles. The highest BCUT2D eigenvalue weighted by molar-refractivity contribution is 9.10. The summed E-state index contributed by atoms with van der Waals surface area (Å²) in [6, 6.07) is 3.41. The van der Waals surface area contributed by atoms with Crippen LogP contribution >= 0.6 is 27.5 Å². The zero-order valence-electron chi connectivity index (χ0n) is 24.2. The third kappa shape index (κ3) is 4.98. The Labute approximate surface area is 255 Å². The molecule has 9 heteroatoms. The van der Waals surface area contributed by atoms with Gasteiger partial charge in [-0.2, -0.15) is 0 Å². The van der Waals surface area contributed by atoms with Crippen LogP contribution in [0.3, 0.4) is 0 Å². The Morgan fingerprint density at radius 3 is 2.63 bits per heavy atom. The van der Waals surface area contributed by atoms with Crippen LogP contribution in [-0.4, -0.2) is 38.4 Å². The number of halogens is 2. The summed E-state index contributed by atoms with van der Waals surface area (Å²) in [6.07, 6.45) is 8.84. The largest absolute Gasteiger partial charge is 0.493 e. The maximum Gasteiger partial charge on any atom is 0.264 e. The molecule has 1 aromatic heterocycles. The van der Waals surface area contributed by atoms with Crippen molar-refractivity contribution in [3.8, 4) is 5.88 Å². The second kappa shape index (κ2) is 10.9. The smallest absolute Gasteiger partial charge is 0.264 e. The first kappa shape index (κ1) is 29.6. The summed E-state index contributed by atoms with van der Waals surface area (Å²) in [5, 5.41) is 41.3. The van der Waals surface area contributed by atoms with Crippen LogP contribution in [0, 0.1) is 46.3 Å². The van der Waals surface area contributed by atoms with E-state index in [9.17, 15) is 20.1 Å². The van der Waals surface area contributed by atoms with Crippen molar-refractivity contribution < 1.29 is 20.1 Å². The van der Waals surface area contributed by atoms with Gasteiger partial charge in [0, 0.05) is 21.3 Å². The Balaban J connectivity index is 1.11. The van der Waals surface area contributed by atoms with Crippen LogP contribution in [-0.2, 0) is 4.79 Å². The molecule has 6 rings (SSSR count). The van der Waals surface area contributed by atoms with E-state index in [2.05, 4.69) is 51.9 Å². The van der Waals surface area contributed by atoms with Gasteiger partial charge >= 0.3 is 0 Å². The average Bonchev–Trinajstić information content (AvgIpc) is 3.43. The number of carbonyl (C=O) groups is 1. The average molecular weight is 649 g/mol. The van der Waals surface area contributed by atoms with E-state index in [-0.39, 0.29) is 40.5 Å². The second-order valence-corrected chi connectivity index (χ2v) is 15.5. The number of aromatic nitrogens is 1. The van der Waals surface area contributed by atoms with Gasteiger partial charge in [0.2, 0.25) is 5.88 Å². The van der Waals surface area contributed by atoms with Gasteiger partial charge in [0.05, 0.1) is 17.7 Å². The molecule has 0 aliphatic heterocycles. The van der Waals surface area contributed by atoms with Crippen LogP contribution in [0.5, 0.6) is 5.88 Å². The Kier molecular flexibility index (Phi) is 7.87. The fraction of sp³-hybridized carbons (Fsp3) is 0.719. The molecule has 2 aromatic rings. The summed E-state index contributed by atoms with van der Waals surface area (Å²) in [7, 11) is 0.